The van der Waals surface area contributed by atoms with Crippen LogP contribution < -0.4 is 0 Å². The van der Waals surface area contributed by atoms with E-state index in [0.29, 0.717) is 5.06 Å². The topological polar surface area (TPSA) is 48.2 Å². The van der Waals surface area contributed by atoms with Crippen LogP contribution in [-0.2, 0) is 0 Å². The second-order valence-electron chi connectivity index (χ2n) is 1.32. The average molecular weight is 168 g/mol. The van der Waals surface area contributed by atoms with Crippen LogP contribution in [0.1, 0.15) is 0 Å². The van der Waals surface area contributed by atoms with E-state index in [1.807, 2.05) is 0 Å². The minimum atomic E-state index is -0.852. The first-order valence-corrected chi connectivity index (χ1v) is 2.90. The molecule has 1 unspecified atom stereocenters. The Kier molecular flexibility index (Phi) is 1.90. The fraction of sp³-hybridized carbons (Fsp3) is 0.333. The highest BCUT2D eigenvalue weighted by atomic mass is 35.5. The van der Waals surface area contributed by atoms with E-state index >= 15 is 0 Å². The zero-order chi connectivity index (χ0) is 6.85. The third-order valence-electron chi connectivity index (χ3n) is 0.745. The fourth-order valence-corrected chi connectivity index (χ4v) is 0.675. The monoisotopic (exact) mass is 167 g/mol. The van der Waals surface area contributed by atoms with Gasteiger partial charge in [-0.05, 0) is 11.6 Å². The van der Waals surface area contributed by atoms with Gasteiger partial charge in [-0.1, -0.05) is 11.6 Å². The first kappa shape index (κ1) is 6.80. The van der Waals surface area contributed by atoms with Gasteiger partial charge in [-0.3, -0.25) is 5.21 Å². The maximum Gasteiger partial charge on any atom is 0.227 e. The van der Waals surface area contributed by atoms with Crippen molar-refractivity contribution < 1.29 is 5.21 Å². The van der Waals surface area contributed by atoms with Crippen LogP contribution in [0.5, 0.6) is 0 Å². The highest BCUT2D eigenvalue weighted by Crippen LogP contribution is 2.09. The molecule has 50 valence electrons. The molecule has 0 aliphatic carbocycles. The minimum absolute atomic E-state index is 0.0787. The number of hydroxylamine groups is 2. The molecule has 0 spiro atoms. The lowest BCUT2D eigenvalue weighted by atomic mass is 10.9. The molecule has 9 heavy (non-hydrogen) atoms. The molecule has 0 saturated carbocycles. The summed E-state index contributed by atoms with van der Waals surface area (Å²) < 4.78 is 0. The molecule has 0 aromatic carbocycles. The number of halogens is 2. The zero-order valence-electron chi connectivity index (χ0n) is 4.20. The summed E-state index contributed by atoms with van der Waals surface area (Å²) in [5, 5.41) is 9.25. The van der Waals surface area contributed by atoms with Gasteiger partial charge in [0.25, 0.3) is 0 Å². The highest BCUT2D eigenvalue weighted by Gasteiger charge is 2.16. The molecule has 6 heteroatoms. The number of alkyl halides is 1. The SMILES string of the molecule is ON1C(Cl)=NC=NC1Cl. The van der Waals surface area contributed by atoms with Crippen molar-refractivity contribution >= 4 is 34.8 Å². The molecule has 1 aliphatic rings. The van der Waals surface area contributed by atoms with Crippen LogP contribution in [0.3, 0.4) is 0 Å². The normalized spacial score (nSPS) is 26.3. The molecule has 0 saturated heterocycles. The summed E-state index contributed by atoms with van der Waals surface area (Å²) in [6.07, 6.45) is 1.19. The smallest absolute Gasteiger partial charge is 0.227 e. The van der Waals surface area contributed by atoms with Crippen LogP contribution >= 0.6 is 23.2 Å². The predicted molar refractivity (Wildman–Crippen MR) is 35.0 cm³/mol. The van der Waals surface area contributed by atoms with E-state index in [-0.39, 0.29) is 5.29 Å². The second-order valence-corrected chi connectivity index (χ2v) is 2.05. The lowest BCUT2D eigenvalue weighted by Gasteiger charge is -2.18. The summed E-state index contributed by atoms with van der Waals surface area (Å²) in [6, 6.07) is 0. The van der Waals surface area contributed by atoms with Crippen molar-refractivity contribution in [2.75, 3.05) is 0 Å². The molecule has 1 aliphatic heterocycles. The zero-order valence-corrected chi connectivity index (χ0v) is 5.71. The molecule has 1 rings (SSSR count). The number of hydrogen-bond donors (Lipinski definition) is 1. The van der Waals surface area contributed by atoms with Crippen LogP contribution in [0.15, 0.2) is 9.98 Å². The first-order valence-electron chi connectivity index (χ1n) is 2.09. The van der Waals surface area contributed by atoms with Crippen LogP contribution in [0.2, 0.25) is 0 Å². The van der Waals surface area contributed by atoms with E-state index in [0.717, 1.165) is 0 Å². The summed E-state index contributed by atoms with van der Waals surface area (Å²) in [7, 11) is 0. The third-order valence-corrected chi connectivity index (χ3v) is 1.31. The van der Waals surface area contributed by atoms with Crippen LogP contribution in [-0.4, -0.2) is 27.5 Å². The van der Waals surface area contributed by atoms with Gasteiger partial charge in [0.05, 0.1) is 0 Å². The van der Waals surface area contributed by atoms with Crippen molar-refractivity contribution in [1.82, 2.24) is 5.06 Å². The number of rotatable bonds is 0. The molecule has 0 radical (unpaired) electrons. The van der Waals surface area contributed by atoms with Crippen LogP contribution in [0, 0.1) is 0 Å². The fourth-order valence-electron chi connectivity index (χ4n) is 0.346. The standard InChI is InChI=1S/C3H3Cl2N3O/c4-2-6-1-7-3(5)8(2)9/h1-2,9H. The Morgan fingerprint density at radius 2 is 2.44 bits per heavy atom. The molecule has 1 heterocycles. The van der Waals surface area contributed by atoms with Crippen molar-refractivity contribution in [3.05, 3.63) is 0 Å². The Balaban J connectivity index is 2.73. The van der Waals surface area contributed by atoms with Crippen molar-refractivity contribution in [1.29, 1.82) is 0 Å². The Morgan fingerprint density at radius 3 is 2.89 bits per heavy atom. The van der Waals surface area contributed by atoms with Gasteiger partial charge in [-0.2, -0.15) is 5.06 Å². The number of nitrogens with zero attached hydrogens (tertiary/aromatic N) is 3. The molecule has 0 amide bonds. The van der Waals surface area contributed by atoms with Crippen LogP contribution in [0.25, 0.3) is 0 Å². The molecule has 1 atom stereocenters. The van der Waals surface area contributed by atoms with E-state index in [2.05, 4.69) is 9.98 Å². The Labute approximate surface area is 61.4 Å². The summed E-state index contributed by atoms with van der Waals surface area (Å²) in [4.78, 5) is 6.95. The Hall–Kier alpha value is -0.320. The van der Waals surface area contributed by atoms with Gasteiger partial charge >= 0.3 is 0 Å². The Morgan fingerprint density at radius 1 is 1.78 bits per heavy atom. The summed E-state index contributed by atoms with van der Waals surface area (Å²) in [6.45, 7) is 0. The van der Waals surface area contributed by atoms with E-state index < -0.39 is 5.62 Å². The predicted octanol–water partition coefficient (Wildman–Crippen LogP) is 0.837. The van der Waals surface area contributed by atoms with Crippen molar-refractivity contribution in [3.8, 4) is 0 Å². The van der Waals surface area contributed by atoms with E-state index in [4.69, 9.17) is 28.4 Å². The molecular formula is C3H3Cl2N3O. The largest absolute Gasteiger partial charge is 0.283 e. The number of aliphatic imine (C=N–C) groups is 2. The van der Waals surface area contributed by atoms with Gasteiger partial charge in [-0.15, -0.1) is 0 Å². The summed E-state index contributed by atoms with van der Waals surface area (Å²) in [5.41, 5.74) is -0.852. The first-order chi connectivity index (χ1) is 4.22. The van der Waals surface area contributed by atoms with Gasteiger partial charge in [0.15, 0.2) is 0 Å². The summed E-state index contributed by atoms with van der Waals surface area (Å²) >= 11 is 10.7. The van der Waals surface area contributed by atoms with E-state index in [1.54, 1.807) is 0 Å². The molecule has 0 aromatic heterocycles. The van der Waals surface area contributed by atoms with Gasteiger partial charge in [0.2, 0.25) is 10.9 Å². The highest BCUT2D eigenvalue weighted by molar-refractivity contribution is 6.65. The molecule has 0 bridgehead atoms. The summed E-state index contributed by atoms with van der Waals surface area (Å²) in [5.74, 6) is 0. The quantitative estimate of drug-likeness (QED) is 0.430. The number of amidine groups is 1. The molecule has 4 nitrogen and oxygen atoms in total. The van der Waals surface area contributed by atoms with Gasteiger partial charge < -0.3 is 0 Å². The van der Waals surface area contributed by atoms with E-state index in [9.17, 15) is 0 Å². The molecule has 0 fully saturated rings. The van der Waals surface area contributed by atoms with Gasteiger partial charge in [0, 0.05) is 0 Å². The maximum atomic E-state index is 8.77. The lowest BCUT2D eigenvalue weighted by molar-refractivity contribution is -0.0231. The maximum absolute atomic E-state index is 8.77. The van der Waals surface area contributed by atoms with Crippen LogP contribution in [0.4, 0.5) is 0 Å². The Bertz CT molecular complexity index is 168. The second kappa shape index (κ2) is 2.51. The molecule has 1 N–H and O–H groups in total. The third kappa shape index (κ3) is 1.32. The van der Waals surface area contributed by atoms with E-state index in [1.165, 1.54) is 6.34 Å². The minimum Gasteiger partial charge on any atom is -0.283 e. The molecular weight excluding hydrogens is 165 g/mol. The number of hydrogen-bond acceptors (Lipinski definition) is 4. The van der Waals surface area contributed by atoms with Crippen molar-refractivity contribution in [2.24, 2.45) is 9.98 Å². The molecule has 0 aromatic rings. The van der Waals surface area contributed by atoms with Crippen molar-refractivity contribution in [3.63, 3.8) is 0 Å². The average Bonchev–Trinajstić information content (AvgIpc) is 1.83. The van der Waals surface area contributed by atoms with Crippen molar-refractivity contribution in [2.45, 2.75) is 5.62 Å². The lowest BCUT2D eigenvalue weighted by Crippen LogP contribution is -2.32. The van der Waals surface area contributed by atoms with Gasteiger partial charge in [0.1, 0.15) is 6.34 Å². The van der Waals surface area contributed by atoms with Gasteiger partial charge in [-0.25, -0.2) is 9.98 Å².